The summed E-state index contributed by atoms with van der Waals surface area (Å²) in [6, 6.07) is 23.3. The lowest BCUT2D eigenvalue weighted by Gasteiger charge is -2.33. The SMILES string of the molecule is O=[N+]([O-])c1cc(C2(c3ccc(O)c([N+](=O)[O-])c3)c3ccccc3-c3ccccc32)ccc1O. The number of benzene rings is 4. The molecule has 0 spiro atoms. The third-order valence-electron chi connectivity index (χ3n) is 6.16. The molecule has 5 rings (SSSR count). The van der Waals surface area contributed by atoms with Crippen LogP contribution >= 0.6 is 0 Å². The number of hydrogen-bond donors (Lipinski definition) is 2. The van der Waals surface area contributed by atoms with Gasteiger partial charge < -0.3 is 10.2 Å². The molecule has 33 heavy (non-hydrogen) atoms. The van der Waals surface area contributed by atoms with Gasteiger partial charge in [0.15, 0.2) is 11.5 Å². The monoisotopic (exact) mass is 440 g/mol. The van der Waals surface area contributed by atoms with E-state index in [-0.39, 0.29) is 0 Å². The molecule has 0 radical (unpaired) electrons. The lowest BCUT2D eigenvalue weighted by molar-refractivity contribution is -0.386. The van der Waals surface area contributed by atoms with Gasteiger partial charge in [-0.2, -0.15) is 0 Å². The number of nitro benzene ring substituents is 2. The number of aromatic hydroxyl groups is 2. The molecular formula is C25H16N2O6. The molecule has 8 heteroatoms. The minimum Gasteiger partial charge on any atom is -0.502 e. The summed E-state index contributed by atoms with van der Waals surface area (Å²) < 4.78 is 0. The predicted octanol–water partition coefficient (Wildman–Crippen LogP) is 5.28. The number of fused-ring (bicyclic) bond motifs is 3. The van der Waals surface area contributed by atoms with Crippen molar-refractivity contribution >= 4 is 11.4 Å². The minimum absolute atomic E-state index is 0.462. The quantitative estimate of drug-likeness (QED) is 0.289. The molecule has 0 aromatic heterocycles. The van der Waals surface area contributed by atoms with Crippen molar-refractivity contribution in [1.82, 2.24) is 0 Å². The maximum Gasteiger partial charge on any atom is 0.311 e. The van der Waals surface area contributed by atoms with Gasteiger partial charge in [0.25, 0.3) is 0 Å². The summed E-state index contributed by atoms with van der Waals surface area (Å²) >= 11 is 0. The highest BCUT2D eigenvalue weighted by Crippen LogP contribution is 2.57. The number of nitro groups is 2. The van der Waals surface area contributed by atoms with Crippen molar-refractivity contribution in [2.24, 2.45) is 0 Å². The first-order valence-electron chi connectivity index (χ1n) is 10.0. The van der Waals surface area contributed by atoms with Crippen LogP contribution in [0.1, 0.15) is 22.3 Å². The molecule has 0 unspecified atom stereocenters. The molecule has 1 aliphatic carbocycles. The Morgan fingerprint density at radius 1 is 0.606 bits per heavy atom. The number of phenolic OH excluding ortho intramolecular Hbond substituents is 2. The first-order valence-corrected chi connectivity index (χ1v) is 10.0. The summed E-state index contributed by atoms with van der Waals surface area (Å²) in [5, 5.41) is 43.4. The molecule has 0 atom stereocenters. The van der Waals surface area contributed by atoms with Crippen LogP contribution in [0.25, 0.3) is 11.1 Å². The second-order valence-corrected chi connectivity index (χ2v) is 7.76. The predicted molar refractivity (Wildman–Crippen MR) is 120 cm³/mol. The van der Waals surface area contributed by atoms with Crippen LogP contribution in [0, 0.1) is 20.2 Å². The number of hydrogen-bond acceptors (Lipinski definition) is 6. The third kappa shape index (κ3) is 2.77. The van der Waals surface area contributed by atoms with Crippen LogP contribution in [-0.4, -0.2) is 20.1 Å². The fraction of sp³-hybridized carbons (Fsp3) is 0.0400. The zero-order chi connectivity index (χ0) is 23.3. The topological polar surface area (TPSA) is 127 Å². The average molecular weight is 440 g/mol. The molecule has 0 saturated carbocycles. The molecule has 2 N–H and O–H groups in total. The molecule has 1 aliphatic rings. The highest BCUT2D eigenvalue weighted by atomic mass is 16.6. The molecule has 0 bridgehead atoms. The van der Waals surface area contributed by atoms with Crippen LogP contribution in [0.15, 0.2) is 84.9 Å². The van der Waals surface area contributed by atoms with E-state index < -0.39 is 38.1 Å². The molecule has 0 aliphatic heterocycles. The Bertz CT molecular complexity index is 1350. The molecule has 0 amide bonds. The van der Waals surface area contributed by atoms with Gasteiger partial charge in [0.05, 0.1) is 15.3 Å². The summed E-state index contributed by atoms with van der Waals surface area (Å²) in [5.74, 6) is -0.953. The smallest absolute Gasteiger partial charge is 0.311 e. The van der Waals surface area contributed by atoms with Crippen LogP contribution in [0.3, 0.4) is 0 Å². The Labute approximate surface area is 187 Å². The van der Waals surface area contributed by atoms with Gasteiger partial charge in [-0.05, 0) is 45.5 Å². The van der Waals surface area contributed by atoms with Gasteiger partial charge in [-0.15, -0.1) is 0 Å². The van der Waals surface area contributed by atoms with Gasteiger partial charge >= 0.3 is 11.4 Å². The van der Waals surface area contributed by atoms with Crippen LogP contribution in [0.5, 0.6) is 11.5 Å². The third-order valence-corrected chi connectivity index (χ3v) is 6.16. The summed E-state index contributed by atoms with van der Waals surface area (Å²) in [7, 11) is 0. The van der Waals surface area contributed by atoms with Crippen molar-refractivity contribution in [2.45, 2.75) is 5.41 Å². The molecule has 0 saturated heterocycles. The molecule has 0 heterocycles. The molecular weight excluding hydrogens is 424 g/mol. The maximum atomic E-state index is 11.6. The number of nitrogens with zero attached hydrogens (tertiary/aromatic N) is 2. The van der Waals surface area contributed by atoms with Crippen molar-refractivity contribution < 1.29 is 20.1 Å². The second-order valence-electron chi connectivity index (χ2n) is 7.76. The van der Waals surface area contributed by atoms with Crippen LogP contribution < -0.4 is 0 Å². The van der Waals surface area contributed by atoms with E-state index in [2.05, 4.69) is 0 Å². The molecule has 8 nitrogen and oxygen atoms in total. The van der Waals surface area contributed by atoms with Crippen molar-refractivity contribution in [3.8, 4) is 22.6 Å². The highest BCUT2D eigenvalue weighted by Gasteiger charge is 2.47. The second kappa shape index (κ2) is 7.16. The zero-order valence-electron chi connectivity index (χ0n) is 17.0. The molecule has 4 aromatic carbocycles. The number of phenols is 2. The van der Waals surface area contributed by atoms with Crippen molar-refractivity contribution in [3.05, 3.63) is 127 Å². The van der Waals surface area contributed by atoms with Crippen molar-refractivity contribution in [2.75, 3.05) is 0 Å². The average Bonchev–Trinajstić information content (AvgIpc) is 3.11. The largest absolute Gasteiger partial charge is 0.502 e. The summed E-state index contributed by atoms with van der Waals surface area (Å²) in [4.78, 5) is 21.9. The highest BCUT2D eigenvalue weighted by molar-refractivity contribution is 5.86. The fourth-order valence-corrected chi connectivity index (χ4v) is 4.83. The van der Waals surface area contributed by atoms with Gasteiger partial charge in [0.1, 0.15) is 0 Å². The Morgan fingerprint density at radius 3 is 1.39 bits per heavy atom. The first-order chi connectivity index (χ1) is 15.9. The Hall–Kier alpha value is -4.72. The maximum absolute atomic E-state index is 11.6. The normalized spacial score (nSPS) is 13.2. The Kier molecular flexibility index (Phi) is 4.39. The summed E-state index contributed by atoms with van der Waals surface area (Å²) in [5.41, 5.74) is 2.18. The van der Waals surface area contributed by atoms with E-state index >= 15 is 0 Å². The van der Waals surface area contributed by atoms with Gasteiger partial charge in [0, 0.05) is 12.1 Å². The van der Waals surface area contributed by atoms with E-state index in [1.54, 1.807) is 12.1 Å². The van der Waals surface area contributed by atoms with E-state index in [9.17, 15) is 30.4 Å². The summed E-state index contributed by atoms with van der Waals surface area (Å²) in [6.45, 7) is 0. The van der Waals surface area contributed by atoms with Gasteiger partial charge in [-0.1, -0.05) is 60.7 Å². The lowest BCUT2D eigenvalue weighted by Crippen LogP contribution is -2.28. The van der Waals surface area contributed by atoms with E-state index in [4.69, 9.17) is 0 Å². The van der Waals surface area contributed by atoms with Crippen LogP contribution in [-0.2, 0) is 5.41 Å². The van der Waals surface area contributed by atoms with E-state index in [0.717, 1.165) is 22.3 Å². The Balaban J connectivity index is 1.97. The molecule has 162 valence electrons. The van der Waals surface area contributed by atoms with Crippen molar-refractivity contribution in [3.63, 3.8) is 0 Å². The fourth-order valence-electron chi connectivity index (χ4n) is 4.83. The van der Waals surface area contributed by atoms with Crippen molar-refractivity contribution in [1.29, 1.82) is 0 Å². The minimum atomic E-state index is -1.15. The van der Waals surface area contributed by atoms with E-state index in [0.29, 0.717) is 11.1 Å². The van der Waals surface area contributed by atoms with Gasteiger partial charge in [0.2, 0.25) is 0 Å². The Morgan fingerprint density at radius 2 is 1.00 bits per heavy atom. The first kappa shape index (κ1) is 20.2. The number of rotatable bonds is 4. The summed E-state index contributed by atoms with van der Waals surface area (Å²) in [6.07, 6.45) is 0. The van der Waals surface area contributed by atoms with Gasteiger partial charge in [-0.25, -0.2) is 0 Å². The molecule has 0 fully saturated rings. The van der Waals surface area contributed by atoms with Crippen LogP contribution in [0.2, 0.25) is 0 Å². The van der Waals surface area contributed by atoms with E-state index in [1.807, 2.05) is 48.5 Å². The van der Waals surface area contributed by atoms with E-state index in [1.165, 1.54) is 24.3 Å². The standard InChI is InChI=1S/C25H16N2O6/c28-23-11-9-15(13-21(23)26(30)31)25(16-10-12-24(29)22(14-16)27(32)33)19-7-3-1-5-17(19)18-6-2-4-8-20(18)25/h1-14,28-29H. The molecule has 4 aromatic rings. The zero-order valence-corrected chi connectivity index (χ0v) is 17.0. The van der Waals surface area contributed by atoms with Gasteiger partial charge in [-0.3, -0.25) is 20.2 Å². The lowest BCUT2D eigenvalue weighted by atomic mass is 9.67. The van der Waals surface area contributed by atoms with Crippen LogP contribution in [0.4, 0.5) is 11.4 Å².